The van der Waals surface area contributed by atoms with Crippen LogP contribution < -0.4 is 4.90 Å². The zero-order valence-corrected chi connectivity index (χ0v) is 15.8. The SMILES string of the molecule is CCN1CCC(N(C(=O)Cc2ccc(F)cc2)c2ccc(Cl)cc2)CC1. The van der Waals surface area contributed by atoms with E-state index < -0.39 is 0 Å². The minimum Gasteiger partial charge on any atom is -0.309 e. The van der Waals surface area contributed by atoms with Gasteiger partial charge in [-0.1, -0.05) is 30.7 Å². The molecule has 0 bridgehead atoms. The molecule has 2 aromatic carbocycles. The first-order valence-corrected chi connectivity index (χ1v) is 9.49. The van der Waals surface area contributed by atoms with Crippen LogP contribution in [0.4, 0.5) is 10.1 Å². The van der Waals surface area contributed by atoms with Gasteiger partial charge in [0, 0.05) is 29.8 Å². The first kappa shape index (κ1) is 18.9. The summed E-state index contributed by atoms with van der Waals surface area (Å²) in [6, 6.07) is 13.7. The van der Waals surface area contributed by atoms with Crippen molar-refractivity contribution in [2.24, 2.45) is 0 Å². The molecule has 1 aliphatic rings. The van der Waals surface area contributed by atoms with E-state index in [1.54, 1.807) is 12.1 Å². The molecule has 0 unspecified atom stereocenters. The molecule has 0 N–H and O–H groups in total. The molecule has 0 radical (unpaired) electrons. The number of amides is 1. The number of benzene rings is 2. The molecule has 1 fully saturated rings. The maximum atomic E-state index is 13.1. The molecule has 1 amide bonds. The Morgan fingerprint density at radius 1 is 1.12 bits per heavy atom. The lowest BCUT2D eigenvalue weighted by molar-refractivity contribution is -0.118. The summed E-state index contributed by atoms with van der Waals surface area (Å²) in [5.74, 6) is -0.253. The average Bonchev–Trinajstić information content (AvgIpc) is 2.66. The Labute approximate surface area is 159 Å². The molecule has 3 nitrogen and oxygen atoms in total. The highest BCUT2D eigenvalue weighted by molar-refractivity contribution is 6.30. The van der Waals surface area contributed by atoms with Gasteiger partial charge in [-0.05, 0) is 61.3 Å². The first-order valence-electron chi connectivity index (χ1n) is 9.11. The Bertz CT molecular complexity index is 725. The molecule has 0 aliphatic carbocycles. The van der Waals surface area contributed by atoms with Crippen molar-refractivity contribution < 1.29 is 9.18 Å². The van der Waals surface area contributed by atoms with Gasteiger partial charge in [-0.2, -0.15) is 0 Å². The molecule has 3 rings (SSSR count). The maximum absolute atomic E-state index is 13.1. The van der Waals surface area contributed by atoms with E-state index in [0.717, 1.165) is 43.7 Å². The van der Waals surface area contributed by atoms with Crippen LogP contribution in [0.3, 0.4) is 0 Å². The Morgan fingerprint density at radius 3 is 2.31 bits per heavy atom. The van der Waals surface area contributed by atoms with Gasteiger partial charge in [-0.25, -0.2) is 4.39 Å². The second-order valence-electron chi connectivity index (χ2n) is 6.71. The van der Waals surface area contributed by atoms with Crippen molar-refractivity contribution in [1.29, 1.82) is 0 Å². The van der Waals surface area contributed by atoms with E-state index in [1.807, 2.05) is 29.2 Å². The second-order valence-corrected chi connectivity index (χ2v) is 7.15. The van der Waals surface area contributed by atoms with E-state index >= 15 is 0 Å². The van der Waals surface area contributed by atoms with Gasteiger partial charge in [0.1, 0.15) is 5.82 Å². The van der Waals surface area contributed by atoms with Crippen molar-refractivity contribution in [3.63, 3.8) is 0 Å². The van der Waals surface area contributed by atoms with E-state index in [-0.39, 0.29) is 24.2 Å². The second kappa shape index (κ2) is 8.65. The fourth-order valence-electron chi connectivity index (χ4n) is 3.52. The molecule has 1 saturated heterocycles. The summed E-state index contributed by atoms with van der Waals surface area (Å²) in [5, 5.41) is 0.653. The van der Waals surface area contributed by atoms with Crippen LogP contribution in [0.25, 0.3) is 0 Å². The number of halogens is 2. The van der Waals surface area contributed by atoms with E-state index in [0.29, 0.717) is 5.02 Å². The van der Waals surface area contributed by atoms with Gasteiger partial charge in [0.2, 0.25) is 5.91 Å². The molecule has 5 heteroatoms. The van der Waals surface area contributed by atoms with E-state index in [2.05, 4.69) is 11.8 Å². The van der Waals surface area contributed by atoms with Crippen LogP contribution in [0.15, 0.2) is 48.5 Å². The predicted octanol–water partition coefficient (Wildman–Crippen LogP) is 4.54. The number of likely N-dealkylation sites (tertiary alicyclic amines) is 1. The van der Waals surface area contributed by atoms with Gasteiger partial charge in [0.25, 0.3) is 0 Å². The van der Waals surface area contributed by atoms with E-state index in [4.69, 9.17) is 11.6 Å². The Morgan fingerprint density at radius 2 is 1.73 bits per heavy atom. The topological polar surface area (TPSA) is 23.6 Å². The monoisotopic (exact) mass is 374 g/mol. The van der Waals surface area contributed by atoms with Gasteiger partial charge in [-0.15, -0.1) is 0 Å². The molecule has 0 atom stereocenters. The third-order valence-electron chi connectivity index (χ3n) is 5.01. The van der Waals surface area contributed by atoms with Gasteiger partial charge >= 0.3 is 0 Å². The average molecular weight is 375 g/mol. The lowest BCUT2D eigenvalue weighted by Gasteiger charge is -2.38. The van der Waals surface area contributed by atoms with Crippen molar-refractivity contribution in [3.8, 4) is 0 Å². The fourth-order valence-corrected chi connectivity index (χ4v) is 3.64. The van der Waals surface area contributed by atoms with Crippen LogP contribution in [0.5, 0.6) is 0 Å². The van der Waals surface area contributed by atoms with Crippen molar-refractivity contribution >= 4 is 23.2 Å². The number of piperidine rings is 1. The van der Waals surface area contributed by atoms with Crippen LogP contribution in [0.2, 0.25) is 5.02 Å². The number of carbonyl (C=O) groups excluding carboxylic acids is 1. The smallest absolute Gasteiger partial charge is 0.231 e. The van der Waals surface area contributed by atoms with Gasteiger partial charge in [0.15, 0.2) is 0 Å². The van der Waals surface area contributed by atoms with Crippen molar-refractivity contribution in [3.05, 3.63) is 64.9 Å². The van der Waals surface area contributed by atoms with Crippen LogP contribution in [0.1, 0.15) is 25.3 Å². The number of nitrogens with zero attached hydrogens (tertiary/aromatic N) is 2. The van der Waals surface area contributed by atoms with E-state index in [1.165, 1.54) is 12.1 Å². The summed E-state index contributed by atoms with van der Waals surface area (Å²) >= 11 is 6.02. The number of hydrogen-bond donors (Lipinski definition) is 0. The first-order chi connectivity index (χ1) is 12.6. The summed E-state index contributed by atoms with van der Waals surface area (Å²) in [4.78, 5) is 17.4. The zero-order valence-electron chi connectivity index (χ0n) is 15.0. The molecule has 0 spiro atoms. The third-order valence-corrected chi connectivity index (χ3v) is 5.26. The fraction of sp³-hybridized carbons (Fsp3) is 0.381. The number of carbonyl (C=O) groups is 1. The predicted molar refractivity (Wildman–Crippen MR) is 104 cm³/mol. The highest BCUT2D eigenvalue weighted by atomic mass is 35.5. The molecule has 2 aromatic rings. The van der Waals surface area contributed by atoms with Gasteiger partial charge in [0.05, 0.1) is 6.42 Å². The summed E-state index contributed by atoms with van der Waals surface area (Å²) < 4.78 is 13.1. The number of rotatable bonds is 5. The molecular formula is C21H24ClFN2O. The Kier molecular flexibility index (Phi) is 6.28. The molecule has 26 heavy (non-hydrogen) atoms. The summed E-state index contributed by atoms with van der Waals surface area (Å²) in [7, 11) is 0. The molecule has 0 saturated carbocycles. The normalized spacial score (nSPS) is 15.8. The van der Waals surface area contributed by atoms with Crippen molar-refractivity contribution in [2.45, 2.75) is 32.2 Å². The van der Waals surface area contributed by atoms with Gasteiger partial charge in [-0.3, -0.25) is 4.79 Å². The standard InChI is InChI=1S/C21H24ClFN2O/c1-2-24-13-11-20(12-14-24)25(19-9-5-17(22)6-10-19)21(26)15-16-3-7-18(23)8-4-16/h3-10,20H,2,11-15H2,1H3. The van der Waals surface area contributed by atoms with Gasteiger partial charge < -0.3 is 9.80 Å². The van der Waals surface area contributed by atoms with Crippen molar-refractivity contribution in [1.82, 2.24) is 4.90 Å². The Balaban J connectivity index is 1.81. The van der Waals surface area contributed by atoms with Crippen LogP contribution >= 0.6 is 11.6 Å². The number of hydrogen-bond acceptors (Lipinski definition) is 2. The molecule has 0 aromatic heterocycles. The van der Waals surface area contributed by atoms with Crippen LogP contribution in [-0.2, 0) is 11.2 Å². The maximum Gasteiger partial charge on any atom is 0.231 e. The van der Waals surface area contributed by atoms with Crippen molar-refractivity contribution in [2.75, 3.05) is 24.5 Å². The highest BCUT2D eigenvalue weighted by Gasteiger charge is 2.28. The minimum atomic E-state index is -0.289. The molecule has 1 heterocycles. The summed E-state index contributed by atoms with van der Waals surface area (Å²) in [6.07, 6.45) is 2.16. The molecular weight excluding hydrogens is 351 g/mol. The zero-order chi connectivity index (χ0) is 18.5. The minimum absolute atomic E-state index is 0.0360. The highest BCUT2D eigenvalue weighted by Crippen LogP contribution is 2.26. The largest absolute Gasteiger partial charge is 0.309 e. The summed E-state index contributed by atoms with van der Waals surface area (Å²) in [5.41, 5.74) is 1.69. The van der Waals surface area contributed by atoms with Crippen LogP contribution in [0, 0.1) is 5.82 Å². The lowest BCUT2D eigenvalue weighted by atomic mass is 10.0. The molecule has 1 aliphatic heterocycles. The quantitative estimate of drug-likeness (QED) is 0.767. The summed E-state index contributed by atoms with van der Waals surface area (Å²) in [6.45, 7) is 5.19. The Hall–Kier alpha value is -1.91. The van der Waals surface area contributed by atoms with Crippen LogP contribution in [-0.4, -0.2) is 36.5 Å². The lowest BCUT2D eigenvalue weighted by Crippen LogP contribution is -2.48. The van der Waals surface area contributed by atoms with E-state index in [9.17, 15) is 9.18 Å². The molecule has 138 valence electrons. The third kappa shape index (κ3) is 4.63. The number of anilines is 1.